The number of aryl methyl sites for hydroxylation is 1. The van der Waals surface area contributed by atoms with E-state index in [1.54, 1.807) is 7.11 Å². The van der Waals surface area contributed by atoms with Crippen molar-refractivity contribution in [3.05, 3.63) is 47.5 Å². The second kappa shape index (κ2) is 9.85. The molecule has 4 fully saturated rings. The number of imidazole rings is 1. The fraction of sp³-hybridized carbons (Fsp3) is 0.529. The lowest BCUT2D eigenvalue weighted by atomic mass is 9.82. The van der Waals surface area contributed by atoms with Crippen LogP contribution in [0.4, 0.5) is 0 Å². The summed E-state index contributed by atoms with van der Waals surface area (Å²) in [7, 11) is 3.72. The monoisotopic (exact) mass is 567 g/mol. The van der Waals surface area contributed by atoms with Crippen LogP contribution in [0, 0.1) is 11.8 Å². The van der Waals surface area contributed by atoms with E-state index >= 15 is 0 Å². The van der Waals surface area contributed by atoms with E-state index in [0.29, 0.717) is 29.1 Å². The number of amides is 1. The maximum absolute atomic E-state index is 13.7. The van der Waals surface area contributed by atoms with Crippen LogP contribution in [0.25, 0.3) is 33.5 Å². The van der Waals surface area contributed by atoms with E-state index in [4.69, 9.17) is 15.5 Å². The van der Waals surface area contributed by atoms with Crippen LogP contribution in [0.2, 0.25) is 0 Å². The predicted molar refractivity (Wildman–Crippen MR) is 164 cm³/mol. The van der Waals surface area contributed by atoms with Gasteiger partial charge in [-0.1, -0.05) is 18.2 Å². The predicted octanol–water partition coefficient (Wildman–Crippen LogP) is 5.19. The van der Waals surface area contributed by atoms with Gasteiger partial charge in [0.1, 0.15) is 11.3 Å². The summed E-state index contributed by atoms with van der Waals surface area (Å²) in [5, 5.41) is 11.4. The highest BCUT2D eigenvalue weighted by Gasteiger charge is 2.47. The Labute approximate surface area is 246 Å². The van der Waals surface area contributed by atoms with Crippen LogP contribution in [0.3, 0.4) is 0 Å². The number of benzene rings is 2. The summed E-state index contributed by atoms with van der Waals surface area (Å²) >= 11 is 0. The molecule has 3 heterocycles. The molecule has 0 spiro atoms. The quantitative estimate of drug-likeness (QED) is 0.334. The SMILES string of the molecule is COc1cc(C(=O)N2C[C@H]3CC[C@@H]2[C@@H]3N)cc2nc(-c3cc4cccc(C5CCC(O)CC5)c4n3CC3CC3)n(C)c12. The van der Waals surface area contributed by atoms with E-state index in [9.17, 15) is 9.90 Å². The first-order chi connectivity index (χ1) is 20.4. The third-order valence-corrected chi connectivity index (χ3v) is 10.8. The van der Waals surface area contributed by atoms with Gasteiger partial charge in [-0.25, -0.2) is 4.98 Å². The van der Waals surface area contributed by atoms with Crippen molar-refractivity contribution >= 4 is 27.8 Å². The number of fused-ring (bicyclic) bond motifs is 4. The normalized spacial score (nSPS) is 27.4. The van der Waals surface area contributed by atoms with Crippen molar-refractivity contribution in [1.82, 2.24) is 19.0 Å². The molecule has 4 aliphatic rings. The van der Waals surface area contributed by atoms with Gasteiger partial charge >= 0.3 is 0 Å². The Morgan fingerprint density at radius 3 is 2.55 bits per heavy atom. The molecule has 8 nitrogen and oxygen atoms in total. The Morgan fingerprint density at radius 1 is 1.05 bits per heavy atom. The van der Waals surface area contributed by atoms with Gasteiger partial charge in [-0.15, -0.1) is 0 Å². The molecule has 2 aromatic heterocycles. The van der Waals surface area contributed by atoms with Crippen molar-refractivity contribution in [2.24, 2.45) is 24.6 Å². The summed E-state index contributed by atoms with van der Waals surface area (Å²) in [6, 6.07) is 13.0. The zero-order chi connectivity index (χ0) is 28.7. The maximum atomic E-state index is 13.7. The molecule has 2 bridgehead atoms. The van der Waals surface area contributed by atoms with Gasteiger partial charge in [0, 0.05) is 43.2 Å². The summed E-state index contributed by atoms with van der Waals surface area (Å²) in [6.07, 6.45) is 8.24. The number of carbonyl (C=O) groups excluding carboxylic acids is 1. The average Bonchev–Trinajstić information content (AvgIpc) is 3.39. The Kier molecular flexibility index (Phi) is 6.16. The van der Waals surface area contributed by atoms with Crippen molar-refractivity contribution in [1.29, 1.82) is 0 Å². The third-order valence-electron chi connectivity index (χ3n) is 10.8. The van der Waals surface area contributed by atoms with Crippen LogP contribution in [0.15, 0.2) is 36.4 Å². The highest BCUT2D eigenvalue weighted by Crippen LogP contribution is 2.43. The van der Waals surface area contributed by atoms with E-state index in [1.807, 2.05) is 17.0 Å². The number of para-hydroxylation sites is 1. The number of hydrogen-bond donors (Lipinski definition) is 2. The molecule has 3 atom stereocenters. The van der Waals surface area contributed by atoms with Crippen LogP contribution in [-0.4, -0.2) is 61.9 Å². The molecular weight excluding hydrogens is 526 g/mol. The highest BCUT2D eigenvalue weighted by atomic mass is 16.5. The van der Waals surface area contributed by atoms with E-state index in [2.05, 4.69) is 40.4 Å². The lowest BCUT2D eigenvalue weighted by Gasteiger charge is -2.27. The molecule has 220 valence electrons. The first-order valence-electron chi connectivity index (χ1n) is 15.8. The van der Waals surface area contributed by atoms with Gasteiger partial charge in [-0.05, 0) is 92.9 Å². The number of rotatable bonds is 6. The number of nitrogens with zero attached hydrogens (tertiary/aromatic N) is 4. The number of ether oxygens (including phenoxy) is 1. The minimum Gasteiger partial charge on any atom is -0.494 e. The Hall–Kier alpha value is -3.36. The van der Waals surface area contributed by atoms with Gasteiger partial charge in [-0.2, -0.15) is 0 Å². The molecule has 0 radical (unpaired) electrons. The number of carbonyl (C=O) groups is 1. The molecule has 2 aromatic carbocycles. The summed E-state index contributed by atoms with van der Waals surface area (Å²) in [6.45, 7) is 1.72. The Morgan fingerprint density at radius 2 is 1.86 bits per heavy atom. The van der Waals surface area contributed by atoms with E-state index < -0.39 is 0 Å². The second-order valence-electron chi connectivity index (χ2n) is 13.4. The van der Waals surface area contributed by atoms with Crippen LogP contribution in [-0.2, 0) is 13.6 Å². The molecule has 3 saturated carbocycles. The number of aliphatic hydroxyl groups is 1. The van der Waals surface area contributed by atoms with E-state index in [0.717, 1.165) is 74.2 Å². The molecule has 8 rings (SSSR count). The highest BCUT2D eigenvalue weighted by molar-refractivity contribution is 6.00. The summed E-state index contributed by atoms with van der Waals surface area (Å²) in [5.74, 6) is 3.13. The van der Waals surface area contributed by atoms with Gasteiger partial charge in [0.25, 0.3) is 5.91 Å². The molecule has 3 aliphatic carbocycles. The number of methoxy groups -OCH3 is 1. The van der Waals surface area contributed by atoms with Gasteiger partial charge in [-0.3, -0.25) is 4.79 Å². The smallest absolute Gasteiger partial charge is 0.254 e. The van der Waals surface area contributed by atoms with Crippen LogP contribution < -0.4 is 10.5 Å². The number of likely N-dealkylation sites (tertiary alicyclic amines) is 1. The zero-order valence-corrected chi connectivity index (χ0v) is 24.6. The summed E-state index contributed by atoms with van der Waals surface area (Å²) in [5.41, 5.74) is 12.5. The molecule has 1 aliphatic heterocycles. The minimum absolute atomic E-state index is 0.0233. The Bertz CT molecular complexity index is 1690. The molecule has 4 aromatic rings. The molecule has 1 saturated heterocycles. The first-order valence-corrected chi connectivity index (χ1v) is 15.8. The van der Waals surface area contributed by atoms with Crippen molar-refractivity contribution in [3.63, 3.8) is 0 Å². The summed E-state index contributed by atoms with van der Waals surface area (Å²) < 4.78 is 10.5. The van der Waals surface area contributed by atoms with E-state index in [1.165, 1.54) is 29.3 Å². The molecule has 8 heteroatoms. The number of aromatic nitrogens is 3. The largest absolute Gasteiger partial charge is 0.494 e. The average molecular weight is 568 g/mol. The lowest BCUT2D eigenvalue weighted by molar-refractivity contribution is 0.0700. The second-order valence-corrected chi connectivity index (χ2v) is 13.4. The van der Waals surface area contributed by atoms with Crippen molar-refractivity contribution in [3.8, 4) is 17.3 Å². The van der Waals surface area contributed by atoms with Crippen LogP contribution >= 0.6 is 0 Å². The molecule has 1 amide bonds. The summed E-state index contributed by atoms with van der Waals surface area (Å²) in [4.78, 5) is 20.9. The fourth-order valence-corrected chi connectivity index (χ4v) is 8.27. The third kappa shape index (κ3) is 4.09. The lowest BCUT2D eigenvalue weighted by Crippen LogP contribution is -2.41. The minimum atomic E-state index is -0.168. The molecule has 3 N–H and O–H groups in total. The van der Waals surface area contributed by atoms with Crippen molar-refractivity contribution in [2.45, 2.75) is 82.0 Å². The number of hydrogen-bond acceptors (Lipinski definition) is 5. The van der Waals surface area contributed by atoms with Gasteiger partial charge < -0.3 is 29.6 Å². The van der Waals surface area contributed by atoms with Crippen LogP contribution in [0.1, 0.15) is 73.2 Å². The maximum Gasteiger partial charge on any atom is 0.254 e. The number of aliphatic hydroxyl groups excluding tert-OH is 1. The van der Waals surface area contributed by atoms with Gasteiger partial charge in [0.2, 0.25) is 0 Å². The first kappa shape index (κ1) is 26.3. The van der Waals surface area contributed by atoms with Gasteiger partial charge in [0.15, 0.2) is 5.82 Å². The molecule has 42 heavy (non-hydrogen) atoms. The topological polar surface area (TPSA) is 98.5 Å². The zero-order valence-electron chi connectivity index (χ0n) is 24.6. The fourth-order valence-electron chi connectivity index (χ4n) is 8.27. The van der Waals surface area contributed by atoms with Crippen molar-refractivity contribution < 1.29 is 14.6 Å². The van der Waals surface area contributed by atoms with Gasteiger partial charge in [0.05, 0.1) is 29.9 Å². The number of piperidine rings is 1. The Balaban J connectivity index is 1.24. The van der Waals surface area contributed by atoms with E-state index in [-0.39, 0.29) is 24.1 Å². The standard InChI is InChI=1S/C34H41N5O3/c1-37-32-26(14-23(16-29(32)42-2)34(41)39-18-22-10-13-27(39)30(22)35)36-33(37)28-15-21-4-3-5-25(20-8-11-24(40)12-9-20)31(21)38(28)17-19-6-7-19/h3-5,14-16,19-20,22,24,27,30,40H,6-13,17-18,35H2,1-2H3/t20?,22-,24?,27-,30-/m1/s1. The van der Waals surface area contributed by atoms with Crippen LogP contribution in [0.5, 0.6) is 5.75 Å². The molecule has 0 unspecified atom stereocenters. The number of nitrogens with two attached hydrogens (primary N) is 1. The van der Waals surface area contributed by atoms with Crippen molar-refractivity contribution in [2.75, 3.05) is 13.7 Å². The molecular formula is C34H41N5O3.